The van der Waals surface area contributed by atoms with Gasteiger partial charge in [0.25, 0.3) is 0 Å². The van der Waals surface area contributed by atoms with E-state index in [9.17, 15) is 4.57 Å². The van der Waals surface area contributed by atoms with Crippen LogP contribution in [0.15, 0.2) is 30.3 Å². The molecule has 2 nitrogen and oxygen atoms in total. The van der Waals surface area contributed by atoms with Crippen LogP contribution >= 0.6 is 8.69 Å². The van der Waals surface area contributed by atoms with Gasteiger partial charge >= 0.3 is 38.2 Å². The summed E-state index contributed by atoms with van der Waals surface area (Å²) in [6, 6.07) is 8.99. The quantitative estimate of drug-likeness (QED) is 0.424. The first kappa shape index (κ1) is 10.1. The third-order valence-electron chi connectivity index (χ3n) is 0.886. The minimum atomic E-state index is -0.305. The van der Waals surface area contributed by atoms with Crippen LogP contribution in [0, 0.1) is 0 Å². The number of para-hydroxylation sites is 1. The molecule has 1 rings (SSSR count). The third-order valence-corrected chi connectivity index (χ3v) is 1.17. The molecular formula is C6H5NaO2P+. The molecule has 4 heteroatoms. The Labute approximate surface area is 83.2 Å². The summed E-state index contributed by atoms with van der Waals surface area (Å²) in [7, 11) is -0.305. The van der Waals surface area contributed by atoms with E-state index in [-0.39, 0.29) is 38.2 Å². The Kier molecular flexibility index (Phi) is 5.94. The fourth-order valence-electron chi connectivity index (χ4n) is 0.524. The van der Waals surface area contributed by atoms with Crippen LogP contribution in [0.4, 0.5) is 0 Å². The van der Waals surface area contributed by atoms with E-state index in [1.807, 2.05) is 18.2 Å². The van der Waals surface area contributed by atoms with E-state index in [0.717, 1.165) is 0 Å². The minimum absolute atomic E-state index is 0. The van der Waals surface area contributed by atoms with Gasteiger partial charge in [0.2, 0.25) is 0 Å². The molecular weight excluding hydrogens is 158 g/mol. The Balaban J connectivity index is 0.000000810. The summed E-state index contributed by atoms with van der Waals surface area (Å²) in [5, 5.41) is 0. The summed E-state index contributed by atoms with van der Waals surface area (Å²) in [6.07, 6.45) is 0. The van der Waals surface area contributed by atoms with Crippen molar-refractivity contribution < 1.29 is 38.6 Å². The second-order valence-corrected chi connectivity index (χ2v) is 1.81. The first-order valence-corrected chi connectivity index (χ1v) is 3.21. The summed E-state index contributed by atoms with van der Waals surface area (Å²) >= 11 is 0. The van der Waals surface area contributed by atoms with Crippen molar-refractivity contribution in [3.8, 4) is 5.75 Å². The van der Waals surface area contributed by atoms with Gasteiger partial charge in [-0.1, -0.05) is 18.2 Å². The average molecular weight is 163 g/mol. The molecule has 0 saturated carbocycles. The van der Waals surface area contributed by atoms with Gasteiger partial charge in [0.15, 0.2) is 0 Å². The van der Waals surface area contributed by atoms with Gasteiger partial charge < -0.3 is 4.52 Å². The fourth-order valence-corrected chi connectivity index (χ4v) is 0.732. The van der Waals surface area contributed by atoms with Crippen molar-refractivity contribution in [3.05, 3.63) is 30.3 Å². The molecule has 0 amide bonds. The molecule has 1 aromatic rings. The van der Waals surface area contributed by atoms with E-state index in [4.69, 9.17) is 0 Å². The topological polar surface area (TPSA) is 26.3 Å². The Morgan fingerprint density at radius 3 is 2.30 bits per heavy atom. The smallest absolute Gasteiger partial charge is 0.408 e. The van der Waals surface area contributed by atoms with Gasteiger partial charge in [0.05, 0.1) is 0 Å². The van der Waals surface area contributed by atoms with Crippen LogP contribution in [-0.2, 0) is 4.57 Å². The van der Waals surface area contributed by atoms with Crippen molar-refractivity contribution in [2.75, 3.05) is 0 Å². The Morgan fingerprint density at radius 1 is 1.20 bits per heavy atom. The molecule has 0 fully saturated rings. The zero-order valence-corrected chi connectivity index (χ0v) is 8.54. The predicted molar refractivity (Wildman–Crippen MR) is 34.7 cm³/mol. The molecule has 46 valence electrons. The Bertz CT molecular complexity index is 190. The van der Waals surface area contributed by atoms with Crippen LogP contribution in [0.5, 0.6) is 5.75 Å². The Hall–Kier alpha value is 0.120. The van der Waals surface area contributed by atoms with E-state index in [2.05, 4.69) is 4.52 Å². The maximum Gasteiger partial charge on any atom is 1.00 e. The molecule has 0 aliphatic rings. The molecule has 0 radical (unpaired) electrons. The molecule has 0 unspecified atom stereocenters. The van der Waals surface area contributed by atoms with Gasteiger partial charge in [-0.05, 0) is 12.1 Å². The SMILES string of the molecule is O=POc1ccccc1.[Na+]. The number of hydrogen-bond donors (Lipinski definition) is 0. The van der Waals surface area contributed by atoms with E-state index in [1.165, 1.54) is 0 Å². The maximum atomic E-state index is 9.85. The van der Waals surface area contributed by atoms with Crippen LogP contribution in [-0.4, -0.2) is 0 Å². The van der Waals surface area contributed by atoms with Crippen molar-refractivity contribution >= 4 is 8.69 Å². The van der Waals surface area contributed by atoms with E-state index in [1.54, 1.807) is 12.1 Å². The molecule has 0 spiro atoms. The normalized spacial score (nSPS) is 8.40. The van der Waals surface area contributed by atoms with Gasteiger partial charge in [-0.3, -0.25) is 0 Å². The van der Waals surface area contributed by atoms with Gasteiger partial charge in [0.1, 0.15) is 5.75 Å². The van der Waals surface area contributed by atoms with Gasteiger partial charge in [0, 0.05) is 0 Å². The average Bonchev–Trinajstić information content (AvgIpc) is 1.91. The summed E-state index contributed by atoms with van der Waals surface area (Å²) in [4.78, 5) is 0. The molecule has 0 aliphatic heterocycles. The van der Waals surface area contributed by atoms with Crippen molar-refractivity contribution in [3.63, 3.8) is 0 Å². The summed E-state index contributed by atoms with van der Waals surface area (Å²) in [5.41, 5.74) is 0. The standard InChI is InChI=1S/C6H5O2P.Na/c7-9-8-6-4-2-1-3-5-6;/h1-5H;/q;+1. The van der Waals surface area contributed by atoms with Gasteiger partial charge in [-0.25, -0.2) is 4.57 Å². The van der Waals surface area contributed by atoms with E-state index >= 15 is 0 Å². The number of hydrogen-bond acceptors (Lipinski definition) is 2. The van der Waals surface area contributed by atoms with Crippen molar-refractivity contribution in [1.82, 2.24) is 0 Å². The van der Waals surface area contributed by atoms with Crippen LogP contribution in [0.25, 0.3) is 0 Å². The van der Waals surface area contributed by atoms with Crippen molar-refractivity contribution in [2.24, 2.45) is 0 Å². The first-order chi connectivity index (χ1) is 4.43. The molecule has 0 atom stereocenters. The van der Waals surface area contributed by atoms with E-state index in [0.29, 0.717) is 5.75 Å². The number of rotatable bonds is 2. The molecule has 0 bridgehead atoms. The second kappa shape index (κ2) is 5.87. The minimum Gasteiger partial charge on any atom is -0.408 e. The van der Waals surface area contributed by atoms with E-state index < -0.39 is 0 Å². The van der Waals surface area contributed by atoms with Crippen LogP contribution in [0.1, 0.15) is 0 Å². The van der Waals surface area contributed by atoms with Crippen molar-refractivity contribution in [2.45, 2.75) is 0 Å². The van der Waals surface area contributed by atoms with Crippen LogP contribution in [0.3, 0.4) is 0 Å². The first-order valence-electron chi connectivity index (χ1n) is 2.48. The zero-order valence-electron chi connectivity index (χ0n) is 5.65. The molecule has 0 heterocycles. The van der Waals surface area contributed by atoms with Crippen molar-refractivity contribution in [1.29, 1.82) is 0 Å². The summed E-state index contributed by atoms with van der Waals surface area (Å²) < 4.78 is 14.5. The molecule has 1 aromatic carbocycles. The summed E-state index contributed by atoms with van der Waals surface area (Å²) in [6.45, 7) is 0. The second-order valence-electron chi connectivity index (χ2n) is 1.48. The molecule has 0 N–H and O–H groups in total. The van der Waals surface area contributed by atoms with Crippen LogP contribution in [0.2, 0.25) is 0 Å². The van der Waals surface area contributed by atoms with Crippen LogP contribution < -0.4 is 34.1 Å². The Morgan fingerprint density at radius 2 is 1.80 bits per heavy atom. The monoisotopic (exact) mass is 163 g/mol. The molecule has 0 aromatic heterocycles. The molecule has 0 saturated heterocycles. The summed E-state index contributed by atoms with van der Waals surface area (Å²) in [5.74, 6) is 0.620. The van der Waals surface area contributed by atoms with Gasteiger partial charge in [-0.2, -0.15) is 0 Å². The molecule has 0 aliphatic carbocycles. The zero-order chi connectivity index (χ0) is 6.53. The largest absolute Gasteiger partial charge is 1.00 e. The fraction of sp³-hybridized carbons (Fsp3) is 0. The number of benzene rings is 1. The van der Waals surface area contributed by atoms with Gasteiger partial charge in [-0.15, -0.1) is 0 Å². The predicted octanol–water partition coefficient (Wildman–Crippen LogP) is -0.724. The maximum absolute atomic E-state index is 9.85. The molecule has 10 heavy (non-hydrogen) atoms. The third kappa shape index (κ3) is 3.33.